The third kappa shape index (κ3) is 2.86. The Bertz CT molecular complexity index is 396. The molecule has 2 rings (SSSR count). The maximum absolute atomic E-state index is 12.0. The Morgan fingerprint density at radius 2 is 2.39 bits per heavy atom. The molecule has 1 saturated carbocycles. The fraction of sp³-hybridized carbons (Fsp3) is 0.538. The summed E-state index contributed by atoms with van der Waals surface area (Å²) in [6.45, 7) is 0. The van der Waals surface area contributed by atoms with Crippen LogP contribution in [0, 0.1) is 0 Å². The zero-order valence-corrected chi connectivity index (χ0v) is 10.4. The van der Waals surface area contributed by atoms with Gasteiger partial charge in [-0.05, 0) is 31.4 Å². The zero-order valence-electron chi connectivity index (χ0n) is 10.4. The Morgan fingerprint density at radius 3 is 3.06 bits per heavy atom. The number of methoxy groups -OCH3 is 1. The molecule has 0 spiro atoms. The molecule has 1 aromatic heterocycles. The van der Waals surface area contributed by atoms with Gasteiger partial charge in [0.25, 0.3) is 5.91 Å². The fourth-order valence-electron chi connectivity index (χ4n) is 2.30. The molecular formula is C13H18N2O3. The van der Waals surface area contributed by atoms with E-state index in [2.05, 4.69) is 10.3 Å². The van der Waals surface area contributed by atoms with Crippen molar-refractivity contribution in [3.63, 3.8) is 0 Å². The number of nitrogens with one attached hydrogen (secondary N) is 1. The van der Waals surface area contributed by atoms with E-state index in [1.54, 1.807) is 25.4 Å². The molecule has 5 heteroatoms. The van der Waals surface area contributed by atoms with Gasteiger partial charge in [-0.25, -0.2) is 0 Å². The number of carbonyl (C=O) groups is 1. The molecule has 1 heterocycles. The summed E-state index contributed by atoms with van der Waals surface area (Å²) in [5, 5.41) is 12.9. The van der Waals surface area contributed by atoms with Crippen LogP contribution in [0.5, 0.6) is 0 Å². The molecule has 1 aromatic rings. The molecule has 18 heavy (non-hydrogen) atoms. The van der Waals surface area contributed by atoms with Gasteiger partial charge in [0.05, 0.1) is 17.7 Å². The Morgan fingerprint density at radius 1 is 1.56 bits per heavy atom. The first-order chi connectivity index (χ1) is 8.72. The van der Waals surface area contributed by atoms with Gasteiger partial charge in [0.1, 0.15) is 6.10 Å². The van der Waals surface area contributed by atoms with E-state index in [1.807, 2.05) is 0 Å². The molecule has 1 aliphatic rings. The average molecular weight is 250 g/mol. The largest absolute Gasteiger partial charge is 0.388 e. The van der Waals surface area contributed by atoms with Crippen molar-refractivity contribution in [2.24, 2.45) is 0 Å². The highest BCUT2D eigenvalue weighted by Gasteiger charge is 2.32. The lowest BCUT2D eigenvalue weighted by Crippen LogP contribution is -2.51. The number of aliphatic hydroxyl groups is 1. The summed E-state index contributed by atoms with van der Waals surface area (Å²) in [4.78, 5) is 15.9. The second-order valence-corrected chi connectivity index (χ2v) is 4.52. The van der Waals surface area contributed by atoms with Crippen LogP contribution in [0.15, 0.2) is 24.5 Å². The minimum atomic E-state index is -0.649. The molecule has 0 bridgehead atoms. The van der Waals surface area contributed by atoms with Crippen molar-refractivity contribution in [1.82, 2.24) is 10.3 Å². The Hall–Kier alpha value is -1.46. The molecule has 1 amide bonds. The van der Waals surface area contributed by atoms with E-state index in [1.165, 1.54) is 6.20 Å². The molecule has 98 valence electrons. The molecule has 1 fully saturated rings. The highest BCUT2D eigenvalue weighted by atomic mass is 16.5. The molecule has 1 aliphatic carbocycles. The summed E-state index contributed by atoms with van der Waals surface area (Å²) in [7, 11) is 1.58. The standard InChI is InChI=1S/C13H18N2O3/c1-18-11-6-2-5-10(12(11)16)15-13(17)9-4-3-7-14-8-9/h3-4,7-8,10-12,16H,2,5-6H2,1H3,(H,15,17)/t10-,11-,12-/m1/s1. The lowest BCUT2D eigenvalue weighted by molar-refractivity contribution is -0.0513. The van der Waals surface area contributed by atoms with E-state index in [0.717, 1.165) is 19.3 Å². The zero-order chi connectivity index (χ0) is 13.0. The van der Waals surface area contributed by atoms with Crippen LogP contribution in [-0.4, -0.2) is 41.4 Å². The SMILES string of the molecule is CO[C@@H]1CCC[C@@H](NC(=O)c2cccnc2)[C@H]1O. The van der Waals surface area contributed by atoms with Gasteiger partial charge in [0, 0.05) is 19.5 Å². The smallest absolute Gasteiger partial charge is 0.253 e. The van der Waals surface area contributed by atoms with Crippen LogP contribution < -0.4 is 5.32 Å². The number of hydrogen-bond donors (Lipinski definition) is 2. The predicted molar refractivity (Wildman–Crippen MR) is 66.1 cm³/mol. The van der Waals surface area contributed by atoms with E-state index in [-0.39, 0.29) is 18.1 Å². The average Bonchev–Trinajstić information content (AvgIpc) is 2.42. The van der Waals surface area contributed by atoms with E-state index < -0.39 is 6.10 Å². The normalized spacial score (nSPS) is 27.8. The van der Waals surface area contributed by atoms with Gasteiger partial charge in [-0.2, -0.15) is 0 Å². The molecular weight excluding hydrogens is 232 g/mol. The van der Waals surface area contributed by atoms with E-state index in [0.29, 0.717) is 5.56 Å². The van der Waals surface area contributed by atoms with E-state index in [9.17, 15) is 9.90 Å². The number of ether oxygens (including phenoxy) is 1. The molecule has 0 saturated heterocycles. The second-order valence-electron chi connectivity index (χ2n) is 4.52. The lowest BCUT2D eigenvalue weighted by Gasteiger charge is -2.34. The van der Waals surface area contributed by atoms with Gasteiger partial charge in [-0.3, -0.25) is 9.78 Å². The molecule has 0 aliphatic heterocycles. The summed E-state index contributed by atoms with van der Waals surface area (Å²) < 4.78 is 5.21. The first-order valence-electron chi connectivity index (χ1n) is 6.14. The van der Waals surface area contributed by atoms with Crippen LogP contribution >= 0.6 is 0 Å². The maximum atomic E-state index is 12.0. The summed E-state index contributed by atoms with van der Waals surface area (Å²) in [6, 6.07) is 3.16. The van der Waals surface area contributed by atoms with Crippen molar-refractivity contribution < 1.29 is 14.6 Å². The van der Waals surface area contributed by atoms with Crippen LogP contribution in [0.1, 0.15) is 29.6 Å². The van der Waals surface area contributed by atoms with Gasteiger partial charge in [-0.15, -0.1) is 0 Å². The summed E-state index contributed by atoms with van der Waals surface area (Å²) >= 11 is 0. The second kappa shape index (κ2) is 5.93. The summed E-state index contributed by atoms with van der Waals surface area (Å²) in [6.07, 6.45) is 4.82. The van der Waals surface area contributed by atoms with Gasteiger partial charge >= 0.3 is 0 Å². The highest BCUT2D eigenvalue weighted by Crippen LogP contribution is 2.21. The number of amides is 1. The maximum Gasteiger partial charge on any atom is 0.253 e. The number of aromatic nitrogens is 1. The number of carbonyl (C=O) groups excluding carboxylic acids is 1. The third-order valence-corrected chi connectivity index (χ3v) is 3.34. The highest BCUT2D eigenvalue weighted by molar-refractivity contribution is 5.94. The Kier molecular flexibility index (Phi) is 4.28. The molecule has 0 aromatic carbocycles. The van der Waals surface area contributed by atoms with Crippen LogP contribution in [0.4, 0.5) is 0 Å². The number of hydrogen-bond acceptors (Lipinski definition) is 4. The summed E-state index contributed by atoms with van der Waals surface area (Å²) in [5.74, 6) is -0.205. The molecule has 3 atom stereocenters. The number of pyridine rings is 1. The van der Waals surface area contributed by atoms with Gasteiger partial charge in [-0.1, -0.05) is 0 Å². The van der Waals surface area contributed by atoms with Gasteiger partial charge in [0.2, 0.25) is 0 Å². The van der Waals surface area contributed by atoms with Crippen LogP contribution in [0.3, 0.4) is 0 Å². The van der Waals surface area contributed by atoms with Crippen molar-refractivity contribution in [1.29, 1.82) is 0 Å². The number of aliphatic hydroxyl groups excluding tert-OH is 1. The Labute approximate surface area is 106 Å². The van der Waals surface area contributed by atoms with Crippen molar-refractivity contribution in [3.8, 4) is 0 Å². The third-order valence-electron chi connectivity index (χ3n) is 3.34. The predicted octanol–water partition coefficient (Wildman–Crippen LogP) is 0.740. The first kappa shape index (κ1) is 13.0. The number of rotatable bonds is 3. The first-order valence-corrected chi connectivity index (χ1v) is 6.14. The topological polar surface area (TPSA) is 71.5 Å². The number of nitrogens with zero attached hydrogens (tertiary/aromatic N) is 1. The molecule has 0 radical (unpaired) electrons. The minimum Gasteiger partial charge on any atom is -0.388 e. The van der Waals surface area contributed by atoms with Crippen LogP contribution in [-0.2, 0) is 4.74 Å². The lowest BCUT2D eigenvalue weighted by atomic mass is 9.89. The van der Waals surface area contributed by atoms with E-state index >= 15 is 0 Å². The quantitative estimate of drug-likeness (QED) is 0.830. The summed E-state index contributed by atoms with van der Waals surface area (Å²) in [5.41, 5.74) is 0.504. The fourth-order valence-corrected chi connectivity index (χ4v) is 2.30. The van der Waals surface area contributed by atoms with Crippen molar-refractivity contribution >= 4 is 5.91 Å². The molecule has 5 nitrogen and oxygen atoms in total. The molecule has 2 N–H and O–H groups in total. The minimum absolute atomic E-state index is 0.196. The molecule has 0 unspecified atom stereocenters. The monoisotopic (exact) mass is 250 g/mol. The van der Waals surface area contributed by atoms with Crippen molar-refractivity contribution in [3.05, 3.63) is 30.1 Å². The van der Waals surface area contributed by atoms with Crippen molar-refractivity contribution in [2.45, 2.75) is 37.5 Å². The Balaban J connectivity index is 1.99. The van der Waals surface area contributed by atoms with Gasteiger partial charge in [0.15, 0.2) is 0 Å². The van der Waals surface area contributed by atoms with Crippen molar-refractivity contribution in [2.75, 3.05) is 7.11 Å². The van der Waals surface area contributed by atoms with Gasteiger partial charge < -0.3 is 15.2 Å². The van der Waals surface area contributed by atoms with Crippen LogP contribution in [0.25, 0.3) is 0 Å². The van der Waals surface area contributed by atoms with Crippen LogP contribution in [0.2, 0.25) is 0 Å². The van der Waals surface area contributed by atoms with E-state index in [4.69, 9.17) is 4.74 Å².